The van der Waals surface area contributed by atoms with Crippen molar-refractivity contribution < 1.29 is 23.8 Å². The third-order valence-electron chi connectivity index (χ3n) is 2.38. The summed E-state index contributed by atoms with van der Waals surface area (Å²) in [6.45, 7) is 3.23. The number of aliphatic carboxylic acids is 1. The van der Waals surface area contributed by atoms with Gasteiger partial charge in [0.2, 0.25) is 5.91 Å². The lowest BCUT2D eigenvalue weighted by Gasteiger charge is -2.16. The number of carbonyl (C=O) groups excluding carboxylic acids is 1. The van der Waals surface area contributed by atoms with Crippen LogP contribution in [0.25, 0.3) is 0 Å². The van der Waals surface area contributed by atoms with E-state index in [9.17, 15) is 14.0 Å². The molecule has 0 saturated carbocycles. The van der Waals surface area contributed by atoms with Crippen molar-refractivity contribution in [3.8, 4) is 0 Å². The largest absolute Gasteiger partial charge is 0.479 e. The third kappa shape index (κ3) is 4.79. The van der Waals surface area contributed by atoms with Crippen LogP contribution in [0.5, 0.6) is 0 Å². The summed E-state index contributed by atoms with van der Waals surface area (Å²) in [5, 5.41) is 11.2. The summed E-state index contributed by atoms with van der Waals surface area (Å²) >= 11 is 5.53. The van der Waals surface area contributed by atoms with Gasteiger partial charge in [-0.05, 0) is 31.5 Å². The zero-order chi connectivity index (χ0) is 15.3. The smallest absolute Gasteiger partial charge is 0.330 e. The maximum atomic E-state index is 13.3. The fraction of sp³-hybridized carbons (Fsp3) is 0.385. The molecule has 0 aliphatic carbocycles. The Bertz CT molecular complexity index is 507. The van der Waals surface area contributed by atoms with Crippen LogP contribution in [-0.4, -0.2) is 29.7 Å². The van der Waals surface area contributed by atoms with Gasteiger partial charge >= 0.3 is 5.97 Å². The van der Waals surface area contributed by atoms with Crippen LogP contribution in [0.15, 0.2) is 18.2 Å². The van der Waals surface area contributed by atoms with Crippen molar-refractivity contribution in [2.24, 2.45) is 0 Å². The quantitative estimate of drug-likeness (QED) is 0.844. The van der Waals surface area contributed by atoms with Gasteiger partial charge in [-0.2, -0.15) is 0 Å². The molecule has 0 radical (unpaired) electrons. The molecule has 1 aromatic rings. The van der Waals surface area contributed by atoms with Gasteiger partial charge in [-0.25, -0.2) is 9.18 Å². The second-order valence-corrected chi connectivity index (χ2v) is 4.78. The summed E-state index contributed by atoms with van der Waals surface area (Å²) in [5.41, 5.74) is 0.0947. The van der Waals surface area contributed by atoms with Crippen LogP contribution in [0, 0.1) is 5.82 Å². The summed E-state index contributed by atoms with van der Waals surface area (Å²) < 4.78 is 18.4. The van der Waals surface area contributed by atoms with E-state index in [-0.39, 0.29) is 23.3 Å². The molecule has 0 fully saturated rings. The fourth-order valence-electron chi connectivity index (χ4n) is 1.42. The van der Waals surface area contributed by atoms with Crippen LogP contribution < -0.4 is 5.32 Å². The average molecular weight is 304 g/mol. The van der Waals surface area contributed by atoms with Gasteiger partial charge in [0.25, 0.3) is 0 Å². The van der Waals surface area contributed by atoms with Crippen LogP contribution in [-0.2, 0) is 14.3 Å². The highest BCUT2D eigenvalue weighted by molar-refractivity contribution is 6.30. The van der Waals surface area contributed by atoms with Crippen LogP contribution >= 0.6 is 11.6 Å². The Balaban J connectivity index is 2.81. The van der Waals surface area contributed by atoms with Crippen LogP contribution in [0.1, 0.15) is 25.5 Å². The van der Waals surface area contributed by atoms with Gasteiger partial charge in [0, 0.05) is 0 Å². The normalized spacial score (nSPS) is 12.2. The van der Waals surface area contributed by atoms with Crippen molar-refractivity contribution in [1.29, 1.82) is 0 Å². The number of hydrogen-bond acceptors (Lipinski definition) is 3. The lowest BCUT2D eigenvalue weighted by atomic mass is 10.1. The Kier molecular flexibility index (Phi) is 5.91. The van der Waals surface area contributed by atoms with Gasteiger partial charge in [0.05, 0.1) is 11.1 Å². The van der Waals surface area contributed by atoms with E-state index < -0.39 is 23.7 Å². The minimum Gasteiger partial charge on any atom is -0.479 e. The summed E-state index contributed by atoms with van der Waals surface area (Å²) in [5.74, 6) is -2.64. The monoisotopic (exact) mass is 303 g/mol. The SMILES string of the molecule is CC(C)OCC(=O)NC(C(=O)O)c1ccc(Cl)c(F)c1. The first-order chi connectivity index (χ1) is 9.31. The molecule has 0 aromatic heterocycles. The first-order valence-electron chi connectivity index (χ1n) is 5.90. The average Bonchev–Trinajstić information content (AvgIpc) is 2.36. The van der Waals surface area contributed by atoms with E-state index in [1.165, 1.54) is 12.1 Å². The highest BCUT2D eigenvalue weighted by Crippen LogP contribution is 2.20. The van der Waals surface area contributed by atoms with Crippen molar-refractivity contribution in [2.45, 2.75) is 26.0 Å². The molecule has 0 bridgehead atoms. The number of benzene rings is 1. The molecule has 1 amide bonds. The molecule has 0 heterocycles. The Morgan fingerprint density at radius 2 is 2.10 bits per heavy atom. The first-order valence-corrected chi connectivity index (χ1v) is 6.27. The van der Waals surface area contributed by atoms with Gasteiger partial charge in [-0.15, -0.1) is 0 Å². The van der Waals surface area contributed by atoms with Crippen LogP contribution in [0.3, 0.4) is 0 Å². The lowest BCUT2D eigenvalue weighted by Crippen LogP contribution is -2.36. The topological polar surface area (TPSA) is 75.6 Å². The van der Waals surface area contributed by atoms with Gasteiger partial charge in [-0.3, -0.25) is 4.79 Å². The molecule has 1 aromatic carbocycles. The minimum absolute atomic E-state index is 0.0947. The molecule has 20 heavy (non-hydrogen) atoms. The molecule has 7 heteroatoms. The van der Waals surface area contributed by atoms with Crippen LogP contribution in [0.2, 0.25) is 5.02 Å². The molecular formula is C13H15ClFNO4. The van der Waals surface area contributed by atoms with E-state index in [0.29, 0.717) is 0 Å². The van der Waals surface area contributed by atoms with Gasteiger partial charge in [0.15, 0.2) is 6.04 Å². The maximum absolute atomic E-state index is 13.3. The molecular weight excluding hydrogens is 289 g/mol. The van der Waals surface area contributed by atoms with E-state index in [2.05, 4.69) is 5.32 Å². The fourth-order valence-corrected chi connectivity index (χ4v) is 1.54. The minimum atomic E-state index is -1.36. The summed E-state index contributed by atoms with van der Waals surface area (Å²) in [6, 6.07) is 2.20. The van der Waals surface area contributed by atoms with Gasteiger partial charge in [-0.1, -0.05) is 17.7 Å². The molecule has 0 saturated heterocycles. The zero-order valence-corrected chi connectivity index (χ0v) is 11.8. The molecule has 5 nitrogen and oxygen atoms in total. The molecule has 1 unspecified atom stereocenters. The van der Waals surface area contributed by atoms with E-state index in [0.717, 1.165) is 6.07 Å². The number of carboxylic acid groups (broad SMARTS) is 1. The number of halogens is 2. The second kappa shape index (κ2) is 7.21. The van der Waals surface area contributed by atoms with E-state index in [4.69, 9.17) is 21.4 Å². The van der Waals surface area contributed by atoms with Gasteiger partial charge in [0.1, 0.15) is 12.4 Å². The zero-order valence-electron chi connectivity index (χ0n) is 11.0. The first kappa shape index (κ1) is 16.4. The van der Waals surface area contributed by atoms with E-state index in [1.807, 2.05) is 0 Å². The lowest BCUT2D eigenvalue weighted by molar-refractivity contribution is -0.143. The van der Waals surface area contributed by atoms with Crippen molar-refractivity contribution in [3.63, 3.8) is 0 Å². The number of hydrogen-bond donors (Lipinski definition) is 2. The molecule has 0 aliphatic heterocycles. The number of carboxylic acids is 1. The Morgan fingerprint density at radius 3 is 2.60 bits per heavy atom. The second-order valence-electron chi connectivity index (χ2n) is 4.37. The Labute approximate surface area is 120 Å². The molecule has 110 valence electrons. The van der Waals surface area contributed by atoms with Crippen molar-refractivity contribution in [2.75, 3.05) is 6.61 Å². The number of carbonyl (C=O) groups is 2. The van der Waals surface area contributed by atoms with E-state index in [1.54, 1.807) is 13.8 Å². The third-order valence-corrected chi connectivity index (χ3v) is 2.68. The van der Waals surface area contributed by atoms with Crippen molar-refractivity contribution in [1.82, 2.24) is 5.32 Å². The molecule has 1 atom stereocenters. The predicted molar refractivity (Wildman–Crippen MR) is 71.0 cm³/mol. The molecule has 0 spiro atoms. The summed E-state index contributed by atoms with van der Waals surface area (Å²) in [6.07, 6.45) is -0.156. The number of nitrogens with one attached hydrogen (secondary N) is 1. The van der Waals surface area contributed by atoms with E-state index >= 15 is 0 Å². The maximum Gasteiger partial charge on any atom is 0.330 e. The molecule has 0 aliphatic rings. The van der Waals surface area contributed by atoms with Crippen molar-refractivity contribution >= 4 is 23.5 Å². The predicted octanol–water partition coefficient (Wildman–Crippen LogP) is 2.15. The number of amides is 1. The molecule has 2 N–H and O–H groups in total. The standard InChI is InChI=1S/C13H15ClFNO4/c1-7(2)20-6-11(17)16-12(13(18)19)8-3-4-9(14)10(15)5-8/h3-5,7,12H,6H2,1-2H3,(H,16,17)(H,18,19). The van der Waals surface area contributed by atoms with Crippen molar-refractivity contribution in [3.05, 3.63) is 34.6 Å². The highest BCUT2D eigenvalue weighted by atomic mass is 35.5. The van der Waals surface area contributed by atoms with Gasteiger partial charge < -0.3 is 15.2 Å². The Hall–Kier alpha value is -1.66. The van der Waals surface area contributed by atoms with Crippen LogP contribution in [0.4, 0.5) is 4.39 Å². The number of rotatable bonds is 6. The Morgan fingerprint density at radius 1 is 1.45 bits per heavy atom. The number of ether oxygens (including phenoxy) is 1. The highest BCUT2D eigenvalue weighted by Gasteiger charge is 2.23. The summed E-state index contributed by atoms with van der Waals surface area (Å²) in [7, 11) is 0. The summed E-state index contributed by atoms with van der Waals surface area (Å²) in [4.78, 5) is 22.7. The molecule has 1 rings (SSSR count).